The summed E-state index contributed by atoms with van der Waals surface area (Å²) in [6.07, 6.45) is 4.76. The van der Waals surface area contributed by atoms with E-state index in [9.17, 15) is 5.11 Å². The Morgan fingerprint density at radius 2 is 2.39 bits per heavy atom. The van der Waals surface area contributed by atoms with Crippen molar-refractivity contribution in [1.29, 1.82) is 0 Å². The van der Waals surface area contributed by atoms with E-state index in [1.807, 2.05) is 4.68 Å². The molecule has 1 saturated heterocycles. The summed E-state index contributed by atoms with van der Waals surface area (Å²) in [5.74, 6) is 2.00. The number of nitrogens with one attached hydrogen (secondary N) is 1. The summed E-state index contributed by atoms with van der Waals surface area (Å²) >= 11 is 0. The van der Waals surface area contributed by atoms with Crippen LogP contribution in [0.3, 0.4) is 0 Å². The maximum atomic E-state index is 10.0. The minimum atomic E-state index is -0.486. The standard InChI is InChI=1S/C16H28N4O3/c1-2-15-18-16-6-5-12(9-20(16)19-15)17-8-13(21)10-22-11-14-4-3-7-23-14/h12-14,17,21H,2-11H2,1H3/t12-,13+,14+/m1/s1. The van der Waals surface area contributed by atoms with Crippen molar-refractivity contribution >= 4 is 0 Å². The monoisotopic (exact) mass is 324 g/mol. The van der Waals surface area contributed by atoms with Crippen LogP contribution in [0.1, 0.15) is 37.8 Å². The Labute approximate surface area is 137 Å². The van der Waals surface area contributed by atoms with E-state index in [0.29, 0.717) is 25.8 Å². The molecule has 1 fully saturated rings. The van der Waals surface area contributed by atoms with Gasteiger partial charge in [-0.1, -0.05) is 6.92 Å². The highest BCUT2D eigenvalue weighted by atomic mass is 16.5. The summed E-state index contributed by atoms with van der Waals surface area (Å²) in [5.41, 5.74) is 0. The number of aromatic nitrogens is 3. The average molecular weight is 324 g/mol. The molecule has 3 rings (SSSR count). The second kappa shape index (κ2) is 8.19. The van der Waals surface area contributed by atoms with E-state index in [1.165, 1.54) is 0 Å². The maximum absolute atomic E-state index is 10.0. The van der Waals surface area contributed by atoms with Gasteiger partial charge in [0.15, 0.2) is 5.82 Å². The largest absolute Gasteiger partial charge is 0.389 e. The highest BCUT2D eigenvalue weighted by Gasteiger charge is 2.22. The van der Waals surface area contributed by atoms with Crippen LogP contribution in [0.15, 0.2) is 0 Å². The molecule has 23 heavy (non-hydrogen) atoms. The zero-order valence-electron chi connectivity index (χ0n) is 13.9. The minimum Gasteiger partial charge on any atom is -0.389 e. The van der Waals surface area contributed by atoms with Crippen molar-refractivity contribution in [3.8, 4) is 0 Å². The molecule has 0 amide bonds. The van der Waals surface area contributed by atoms with Crippen molar-refractivity contribution < 1.29 is 14.6 Å². The fourth-order valence-corrected chi connectivity index (χ4v) is 3.15. The topological polar surface area (TPSA) is 81.4 Å². The Morgan fingerprint density at radius 3 is 3.17 bits per heavy atom. The van der Waals surface area contributed by atoms with Gasteiger partial charge in [0.05, 0.1) is 32.0 Å². The molecule has 3 atom stereocenters. The van der Waals surface area contributed by atoms with E-state index in [2.05, 4.69) is 22.3 Å². The molecule has 7 nitrogen and oxygen atoms in total. The number of ether oxygens (including phenoxy) is 2. The Balaban J connectivity index is 1.33. The lowest BCUT2D eigenvalue weighted by Crippen LogP contribution is -2.42. The van der Waals surface area contributed by atoms with E-state index >= 15 is 0 Å². The van der Waals surface area contributed by atoms with Crippen molar-refractivity contribution in [1.82, 2.24) is 20.1 Å². The Kier molecular flexibility index (Phi) is 5.99. The van der Waals surface area contributed by atoms with Crippen molar-refractivity contribution in [2.75, 3.05) is 26.4 Å². The summed E-state index contributed by atoms with van der Waals surface area (Å²) in [7, 11) is 0. The summed E-state index contributed by atoms with van der Waals surface area (Å²) in [5, 5.41) is 18.0. The lowest BCUT2D eigenvalue weighted by molar-refractivity contribution is -0.0171. The Morgan fingerprint density at radius 1 is 1.48 bits per heavy atom. The van der Waals surface area contributed by atoms with E-state index in [-0.39, 0.29) is 6.10 Å². The molecule has 0 aliphatic carbocycles. The van der Waals surface area contributed by atoms with Gasteiger partial charge in [0.2, 0.25) is 0 Å². The van der Waals surface area contributed by atoms with Crippen LogP contribution in [0, 0.1) is 0 Å². The summed E-state index contributed by atoms with van der Waals surface area (Å²) < 4.78 is 13.0. The van der Waals surface area contributed by atoms with Gasteiger partial charge in [-0.3, -0.25) is 0 Å². The first-order valence-electron chi connectivity index (χ1n) is 8.78. The summed E-state index contributed by atoms with van der Waals surface area (Å²) in [6, 6.07) is 0.335. The fourth-order valence-electron chi connectivity index (χ4n) is 3.15. The number of aryl methyl sites for hydroxylation is 2. The third-order valence-electron chi connectivity index (χ3n) is 4.50. The lowest BCUT2D eigenvalue weighted by Gasteiger charge is -2.25. The Bertz CT molecular complexity index is 488. The van der Waals surface area contributed by atoms with Crippen LogP contribution in [-0.4, -0.2) is 64.5 Å². The van der Waals surface area contributed by atoms with Crippen LogP contribution < -0.4 is 5.32 Å². The van der Waals surface area contributed by atoms with E-state index in [4.69, 9.17) is 9.47 Å². The fraction of sp³-hybridized carbons (Fsp3) is 0.875. The second-order valence-corrected chi connectivity index (χ2v) is 6.45. The minimum absolute atomic E-state index is 0.215. The molecule has 0 aromatic carbocycles. The third kappa shape index (κ3) is 4.73. The van der Waals surface area contributed by atoms with Gasteiger partial charge < -0.3 is 19.9 Å². The summed E-state index contributed by atoms with van der Waals surface area (Å²) in [4.78, 5) is 4.52. The predicted molar refractivity (Wildman–Crippen MR) is 85.3 cm³/mol. The number of aliphatic hydroxyl groups excluding tert-OH is 1. The molecule has 2 aliphatic rings. The number of hydrogen-bond acceptors (Lipinski definition) is 6. The van der Waals surface area contributed by atoms with Crippen LogP contribution in [0.4, 0.5) is 0 Å². The first kappa shape index (κ1) is 16.8. The van der Waals surface area contributed by atoms with Crippen LogP contribution in [0.25, 0.3) is 0 Å². The van der Waals surface area contributed by atoms with Gasteiger partial charge in [-0.15, -0.1) is 0 Å². The van der Waals surface area contributed by atoms with Gasteiger partial charge in [-0.2, -0.15) is 5.10 Å². The number of fused-ring (bicyclic) bond motifs is 1. The van der Waals surface area contributed by atoms with Crippen molar-refractivity contribution in [3.63, 3.8) is 0 Å². The van der Waals surface area contributed by atoms with E-state index in [0.717, 1.165) is 56.9 Å². The highest BCUT2D eigenvalue weighted by molar-refractivity contribution is 4.98. The van der Waals surface area contributed by atoms with Crippen molar-refractivity contribution in [3.05, 3.63) is 11.6 Å². The molecule has 0 saturated carbocycles. The number of aliphatic hydroxyl groups is 1. The molecule has 2 N–H and O–H groups in total. The second-order valence-electron chi connectivity index (χ2n) is 6.45. The van der Waals surface area contributed by atoms with Gasteiger partial charge in [0, 0.05) is 32.0 Å². The summed E-state index contributed by atoms with van der Waals surface area (Å²) in [6.45, 7) is 5.22. The van der Waals surface area contributed by atoms with Gasteiger partial charge >= 0.3 is 0 Å². The van der Waals surface area contributed by atoms with Gasteiger partial charge in [-0.25, -0.2) is 9.67 Å². The number of hydrogen-bond donors (Lipinski definition) is 2. The number of rotatable bonds is 8. The maximum Gasteiger partial charge on any atom is 0.150 e. The first-order chi connectivity index (χ1) is 11.2. The zero-order chi connectivity index (χ0) is 16.1. The molecule has 0 radical (unpaired) electrons. The van der Waals surface area contributed by atoms with Crippen LogP contribution in [0.5, 0.6) is 0 Å². The molecule has 2 aliphatic heterocycles. The average Bonchev–Trinajstić information content (AvgIpc) is 3.21. The molecule has 1 aromatic rings. The molecule has 130 valence electrons. The third-order valence-corrected chi connectivity index (χ3v) is 4.50. The van der Waals surface area contributed by atoms with Crippen LogP contribution in [-0.2, 0) is 28.9 Å². The SMILES string of the molecule is CCc1nc2n(n1)C[C@H](NC[C@H](O)COC[C@@H]1CCCO1)CC2. The molecule has 7 heteroatoms. The molecule has 3 heterocycles. The molecular formula is C16H28N4O3. The van der Waals surface area contributed by atoms with E-state index in [1.54, 1.807) is 0 Å². The predicted octanol–water partition coefficient (Wildman–Crippen LogP) is 0.301. The lowest BCUT2D eigenvalue weighted by atomic mass is 10.1. The van der Waals surface area contributed by atoms with Gasteiger partial charge in [0.1, 0.15) is 5.82 Å². The van der Waals surface area contributed by atoms with Crippen LogP contribution in [0.2, 0.25) is 0 Å². The van der Waals surface area contributed by atoms with Crippen LogP contribution >= 0.6 is 0 Å². The molecule has 1 aromatic heterocycles. The molecule has 0 bridgehead atoms. The Hall–Kier alpha value is -1.02. The van der Waals surface area contributed by atoms with E-state index < -0.39 is 6.10 Å². The van der Waals surface area contributed by atoms with Gasteiger partial charge in [0.25, 0.3) is 0 Å². The smallest absolute Gasteiger partial charge is 0.150 e. The first-order valence-corrected chi connectivity index (χ1v) is 8.78. The zero-order valence-corrected chi connectivity index (χ0v) is 13.9. The van der Waals surface area contributed by atoms with Gasteiger partial charge in [-0.05, 0) is 19.3 Å². The molecule has 0 unspecified atom stereocenters. The van der Waals surface area contributed by atoms with Crippen molar-refractivity contribution in [2.45, 2.75) is 63.8 Å². The normalized spacial score (nSPS) is 25.5. The van der Waals surface area contributed by atoms with Crippen molar-refractivity contribution in [2.24, 2.45) is 0 Å². The molecule has 0 spiro atoms. The quantitative estimate of drug-likeness (QED) is 0.716. The number of nitrogens with zero attached hydrogens (tertiary/aromatic N) is 3. The highest BCUT2D eigenvalue weighted by Crippen LogP contribution is 2.14. The molecular weight excluding hydrogens is 296 g/mol.